The highest BCUT2D eigenvalue weighted by atomic mass is 35.5. The van der Waals surface area contributed by atoms with Crippen LogP contribution in [0.3, 0.4) is 0 Å². The second kappa shape index (κ2) is 8.41. The van der Waals surface area contributed by atoms with Gasteiger partial charge in [0.15, 0.2) is 5.78 Å². The fourth-order valence-corrected chi connectivity index (χ4v) is 2.40. The van der Waals surface area contributed by atoms with Gasteiger partial charge >= 0.3 is 0 Å². The average Bonchev–Trinajstić information content (AvgIpc) is 2.38. The molecule has 1 aromatic carbocycles. The molecule has 1 atom stereocenters. The predicted molar refractivity (Wildman–Crippen MR) is 84.6 cm³/mol. The summed E-state index contributed by atoms with van der Waals surface area (Å²) in [6, 6.07) is 7.23. The molecule has 1 aromatic rings. The number of carbonyl (C=O) groups excluding carboxylic acids is 1. The lowest BCUT2D eigenvalue weighted by Gasteiger charge is -2.31. The summed E-state index contributed by atoms with van der Waals surface area (Å²) in [6.07, 6.45) is 3.69. The van der Waals surface area contributed by atoms with Gasteiger partial charge in [0, 0.05) is 11.3 Å². The number of Topliss-reactive ketones (excluding diaryl/α,β-unsaturated/α-hetero) is 1. The molecule has 0 radical (unpaired) electrons. The smallest absolute Gasteiger partial charge is 0.179 e. The Morgan fingerprint density at radius 3 is 2.42 bits per heavy atom. The molecule has 1 saturated heterocycles. The van der Waals surface area contributed by atoms with Gasteiger partial charge in [0.05, 0.1) is 6.04 Å². The van der Waals surface area contributed by atoms with Crippen molar-refractivity contribution in [3.8, 4) is 0 Å². The Morgan fingerprint density at radius 2 is 1.84 bits per heavy atom. The van der Waals surface area contributed by atoms with Crippen LogP contribution < -0.4 is 5.73 Å². The third kappa shape index (κ3) is 4.68. The minimum absolute atomic E-state index is 0. The summed E-state index contributed by atoms with van der Waals surface area (Å²) in [5.41, 5.74) is 7.09. The summed E-state index contributed by atoms with van der Waals surface area (Å²) >= 11 is 0. The van der Waals surface area contributed by atoms with Crippen LogP contribution in [0.25, 0.3) is 0 Å². The molecule has 0 aliphatic carbocycles. The van der Waals surface area contributed by atoms with Crippen molar-refractivity contribution in [2.45, 2.75) is 32.2 Å². The Morgan fingerprint density at radius 1 is 1.21 bits per heavy atom. The van der Waals surface area contributed by atoms with E-state index in [1.165, 1.54) is 19.3 Å². The first-order valence-electron chi connectivity index (χ1n) is 6.32. The summed E-state index contributed by atoms with van der Waals surface area (Å²) in [5.74, 6) is 0.180. The van der Waals surface area contributed by atoms with Gasteiger partial charge < -0.3 is 5.73 Å². The van der Waals surface area contributed by atoms with E-state index in [1.54, 1.807) is 6.07 Å². The summed E-state index contributed by atoms with van der Waals surface area (Å²) in [4.78, 5) is 14.6. The monoisotopic (exact) mass is 304 g/mol. The second-order valence-corrected chi connectivity index (χ2v) is 4.76. The number of benzene rings is 1. The van der Waals surface area contributed by atoms with Gasteiger partial charge in [-0.3, -0.25) is 9.69 Å². The molecule has 3 nitrogen and oxygen atoms in total. The molecule has 1 aliphatic heterocycles. The number of nitrogens with zero attached hydrogens (tertiary/aromatic N) is 1. The summed E-state index contributed by atoms with van der Waals surface area (Å²) in [5, 5.41) is 0. The van der Waals surface area contributed by atoms with Gasteiger partial charge in [-0.25, -0.2) is 0 Å². The number of hydrogen-bond donors (Lipinski definition) is 1. The molecule has 2 rings (SSSR count). The topological polar surface area (TPSA) is 46.3 Å². The number of piperidine rings is 1. The molecule has 0 bridgehead atoms. The largest absolute Gasteiger partial charge is 0.399 e. The summed E-state index contributed by atoms with van der Waals surface area (Å²) < 4.78 is 0. The van der Waals surface area contributed by atoms with E-state index in [4.69, 9.17) is 5.73 Å². The number of anilines is 1. The second-order valence-electron chi connectivity index (χ2n) is 4.76. The first-order chi connectivity index (χ1) is 8.18. The first kappa shape index (κ1) is 18.2. The molecule has 1 unspecified atom stereocenters. The van der Waals surface area contributed by atoms with E-state index < -0.39 is 0 Å². The predicted octanol–water partition coefficient (Wildman–Crippen LogP) is 3.17. The van der Waals surface area contributed by atoms with Crippen LogP contribution in [0.5, 0.6) is 0 Å². The van der Waals surface area contributed by atoms with Crippen LogP contribution in [0.1, 0.15) is 36.5 Å². The third-order valence-corrected chi connectivity index (χ3v) is 3.49. The molecule has 2 N–H and O–H groups in total. The summed E-state index contributed by atoms with van der Waals surface area (Å²) in [6.45, 7) is 4.07. The van der Waals surface area contributed by atoms with Crippen molar-refractivity contribution >= 4 is 36.3 Å². The zero-order valence-corrected chi connectivity index (χ0v) is 12.8. The van der Waals surface area contributed by atoms with Crippen molar-refractivity contribution in [1.82, 2.24) is 4.90 Å². The number of carbonyl (C=O) groups is 1. The van der Waals surface area contributed by atoms with E-state index in [0.29, 0.717) is 5.69 Å². The van der Waals surface area contributed by atoms with Gasteiger partial charge in [-0.2, -0.15) is 0 Å². The van der Waals surface area contributed by atoms with Gasteiger partial charge in [-0.1, -0.05) is 18.6 Å². The number of hydrogen-bond acceptors (Lipinski definition) is 3. The maximum absolute atomic E-state index is 12.3. The van der Waals surface area contributed by atoms with Gasteiger partial charge in [-0.15, -0.1) is 24.8 Å². The molecule has 0 amide bonds. The number of likely N-dealkylation sites (tertiary alicyclic amines) is 1. The summed E-state index contributed by atoms with van der Waals surface area (Å²) in [7, 11) is 0. The highest BCUT2D eigenvalue weighted by Gasteiger charge is 2.23. The fraction of sp³-hybridized carbons (Fsp3) is 0.500. The van der Waals surface area contributed by atoms with E-state index in [0.717, 1.165) is 18.7 Å². The van der Waals surface area contributed by atoms with Gasteiger partial charge in [-0.05, 0) is 45.0 Å². The number of nitrogens with two attached hydrogens (primary N) is 1. The van der Waals surface area contributed by atoms with E-state index in [-0.39, 0.29) is 36.6 Å². The molecule has 108 valence electrons. The Balaban J connectivity index is 0.00000162. The number of nitrogen functional groups attached to an aromatic ring is 1. The van der Waals surface area contributed by atoms with Gasteiger partial charge in [0.2, 0.25) is 0 Å². The van der Waals surface area contributed by atoms with Crippen molar-refractivity contribution in [1.29, 1.82) is 0 Å². The third-order valence-electron chi connectivity index (χ3n) is 3.49. The highest BCUT2D eigenvalue weighted by molar-refractivity contribution is 6.00. The van der Waals surface area contributed by atoms with Crippen LogP contribution in [0.4, 0.5) is 5.69 Å². The standard InChI is InChI=1S/C14H20N2O.2ClH/c1-11(16-8-3-2-4-9-16)14(17)12-6-5-7-13(15)10-12;;/h5-7,10-11H,2-4,8-9,15H2,1H3;2*1H. The quantitative estimate of drug-likeness (QED) is 0.689. The average molecular weight is 305 g/mol. The van der Waals surface area contributed by atoms with Crippen molar-refractivity contribution in [3.05, 3.63) is 29.8 Å². The Hall–Kier alpha value is -0.770. The SMILES string of the molecule is CC(C(=O)c1cccc(N)c1)N1CCCCC1.Cl.Cl. The lowest BCUT2D eigenvalue weighted by atomic mass is 10.0. The molecule has 1 aliphatic rings. The molecular weight excluding hydrogens is 283 g/mol. The van der Waals surface area contributed by atoms with Crippen molar-refractivity contribution < 1.29 is 4.79 Å². The lowest BCUT2D eigenvalue weighted by Crippen LogP contribution is -2.42. The minimum atomic E-state index is -0.0305. The minimum Gasteiger partial charge on any atom is -0.399 e. The van der Waals surface area contributed by atoms with Crippen LogP contribution in [0.15, 0.2) is 24.3 Å². The first-order valence-corrected chi connectivity index (χ1v) is 6.32. The molecule has 1 heterocycles. The Kier molecular flexibility index (Phi) is 8.07. The maximum atomic E-state index is 12.3. The van der Waals surface area contributed by atoms with E-state index in [2.05, 4.69) is 4.90 Å². The maximum Gasteiger partial charge on any atom is 0.179 e. The van der Waals surface area contributed by atoms with Crippen molar-refractivity contribution in [2.24, 2.45) is 0 Å². The van der Waals surface area contributed by atoms with Crippen molar-refractivity contribution in [3.63, 3.8) is 0 Å². The molecule has 5 heteroatoms. The zero-order chi connectivity index (χ0) is 12.3. The number of ketones is 1. The Labute approximate surface area is 127 Å². The van der Waals surface area contributed by atoms with Crippen LogP contribution in [0.2, 0.25) is 0 Å². The molecule has 0 spiro atoms. The molecule has 0 aromatic heterocycles. The fourth-order valence-electron chi connectivity index (χ4n) is 2.40. The van der Waals surface area contributed by atoms with Crippen LogP contribution >= 0.6 is 24.8 Å². The molecular formula is C14H22Cl2N2O. The zero-order valence-electron chi connectivity index (χ0n) is 11.2. The molecule has 19 heavy (non-hydrogen) atoms. The van der Waals surface area contributed by atoms with E-state index in [9.17, 15) is 4.79 Å². The van der Waals surface area contributed by atoms with Gasteiger partial charge in [0.25, 0.3) is 0 Å². The van der Waals surface area contributed by atoms with Crippen LogP contribution in [0, 0.1) is 0 Å². The van der Waals surface area contributed by atoms with Crippen LogP contribution in [-0.2, 0) is 0 Å². The Bertz CT molecular complexity index is 406. The molecule has 1 fully saturated rings. The van der Waals surface area contributed by atoms with E-state index in [1.807, 2.05) is 25.1 Å². The van der Waals surface area contributed by atoms with Crippen molar-refractivity contribution in [2.75, 3.05) is 18.8 Å². The number of halogens is 2. The van der Waals surface area contributed by atoms with Crippen LogP contribution in [-0.4, -0.2) is 29.8 Å². The van der Waals surface area contributed by atoms with E-state index >= 15 is 0 Å². The lowest BCUT2D eigenvalue weighted by molar-refractivity contribution is 0.0809. The number of rotatable bonds is 3. The normalized spacial score (nSPS) is 16.9. The molecule has 0 saturated carbocycles. The highest BCUT2D eigenvalue weighted by Crippen LogP contribution is 2.16. The van der Waals surface area contributed by atoms with Gasteiger partial charge in [0.1, 0.15) is 0 Å².